The van der Waals surface area contributed by atoms with E-state index in [0.717, 1.165) is 20.7 Å². The molecule has 0 saturated heterocycles. The van der Waals surface area contributed by atoms with E-state index in [4.69, 9.17) is 5.73 Å². The molecular weight excluding hydrogens is 286 g/mol. The normalized spacial score (nSPS) is 11.1. The van der Waals surface area contributed by atoms with E-state index in [1.165, 1.54) is 0 Å². The van der Waals surface area contributed by atoms with E-state index in [9.17, 15) is 0 Å². The van der Waals surface area contributed by atoms with E-state index >= 15 is 0 Å². The largest absolute Gasteiger partial charge is 0.383 e. The van der Waals surface area contributed by atoms with Crippen molar-refractivity contribution in [3.8, 4) is 10.6 Å². The van der Waals surface area contributed by atoms with Gasteiger partial charge < -0.3 is 5.73 Å². The van der Waals surface area contributed by atoms with Crippen LogP contribution in [0.5, 0.6) is 0 Å². The highest BCUT2D eigenvalue weighted by Gasteiger charge is 2.11. The smallest absolute Gasteiger partial charge is 0.139 e. The number of nitrogens with zero attached hydrogens (tertiary/aromatic N) is 2. The van der Waals surface area contributed by atoms with Crippen LogP contribution in [0.25, 0.3) is 16.2 Å². The Bertz CT molecular complexity index is 643. The molecule has 0 spiro atoms. The van der Waals surface area contributed by atoms with Crippen molar-refractivity contribution in [2.24, 2.45) is 0 Å². The third-order valence-electron chi connectivity index (χ3n) is 2.37. The highest BCUT2D eigenvalue weighted by molar-refractivity contribution is 9.10. The van der Waals surface area contributed by atoms with Crippen molar-refractivity contribution in [2.45, 2.75) is 0 Å². The van der Waals surface area contributed by atoms with Gasteiger partial charge in [-0.15, -0.1) is 11.3 Å². The van der Waals surface area contributed by atoms with Crippen LogP contribution in [0.15, 0.2) is 40.3 Å². The van der Waals surface area contributed by atoms with Gasteiger partial charge in [0.1, 0.15) is 17.2 Å². The molecule has 3 nitrogen and oxygen atoms in total. The predicted octanol–water partition coefficient (Wildman–Crippen LogP) is 3.41. The molecule has 16 heavy (non-hydrogen) atoms. The number of aromatic nitrogens is 2. The number of nitrogen functional groups attached to an aromatic ring is 1. The van der Waals surface area contributed by atoms with Gasteiger partial charge in [0, 0.05) is 10.7 Å². The number of hydrogen-bond acceptors (Lipinski definition) is 3. The minimum atomic E-state index is 0.679. The van der Waals surface area contributed by atoms with Crippen LogP contribution in [0.1, 0.15) is 0 Å². The molecule has 5 heteroatoms. The average molecular weight is 294 g/mol. The van der Waals surface area contributed by atoms with Crippen molar-refractivity contribution in [2.75, 3.05) is 5.73 Å². The Hall–Kier alpha value is -1.33. The number of nitrogens with two attached hydrogens (primary N) is 1. The molecule has 3 aromatic heterocycles. The first-order valence-corrected chi connectivity index (χ1v) is 6.40. The molecule has 0 fully saturated rings. The van der Waals surface area contributed by atoms with Crippen molar-refractivity contribution in [1.82, 2.24) is 9.38 Å². The fourth-order valence-electron chi connectivity index (χ4n) is 1.63. The van der Waals surface area contributed by atoms with Gasteiger partial charge in [0.05, 0.1) is 4.88 Å². The molecule has 0 bridgehead atoms. The van der Waals surface area contributed by atoms with Crippen molar-refractivity contribution in [1.29, 1.82) is 0 Å². The van der Waals surface area contributed by atoms with E-state index in [-0.39, 0.29) is 0 Å². The fraction of sp³-hybridized carbons (Fsp3) is 0. The Morgan fingerprint density at radius 2 is 2.19 bits per heavy atom. The zero-order valence-corrected chi connectivity index (χ0v) is 10.6. The van der Waals surface area contributed by atoms with Gasteiger partial charge in [-0.05, 0) is 39.5 Å². The Morgan fingerprint density at radius 1 is 1.31 bits per heavy atom. The maximum Gasteiger partial charge on any atom is 0.139 e. The van der Waals surface area contributed by atoms with Gasteiger partial charge in [0.15, 0.2) is 0 Å². The molecule has 80 valence electrons. The Kier molecular flexibility index (Phi) is 2.22. The minimum absolute atomic E-state index is 0.679. The molecule has 3 rings (SSSR count). The fourth-order valence-corrected chi connectivity index (χ4v) is 2.69. The first-order valence-electron chi connectivity index (χ1n) is 4.72. The van der Waals surface area contributed by atoms with Crippen LogP contribution in [0.3, 0.4) is 0 Å². The number of fused-ring (bicyclic) bond motifs is 1. The Morgan fingerprint density at radius 3 is 2.94 bits per heavy atom. The quantitative estimate of drug-likeness (QED) is 0.747. The molecule has 0 aliphatic rings. The second-order valence-corrected chi connectivity index (χ2v) is 5.26. The highest BCUT2D eigenvalue weighted by atomic mass is 79.9. The lowest BCUT2D eigenvalue weighted by Crippen LogP contribution is -1.93. The Labute approximate surface area is 105 Å². The molecule has 0 aliphatic carbocycles. The van der Waals surface area contributed by atoms with Crippen molar-refractivity contribution < 1.29 is 0 Å². The monoisotopic (exact) mass is 293 g/mol. The predicted molar refractivity (Wildman–Crippen MR) is 70.6 cm³/mol. The van der Waals surface area contributed by atoms with Crippen molar-refractivity contribution >= 4 is 38.7 Å². The van der Waals surface area contributed by atoms with Crippen LogP contribution in [0.2, 0.25) is 0 Å². The van der Waals surface area contributed by atoms with Crippen LogP contribution in [-0.2, 0) is 0 Å². The van der Waals surface area contributed by atoms with Crippen LogP contribution >= 0.6 is 27.3 Å². The van der Waals surface area contributed by atoms with Crippen LogP contribution in [-0.4, -0.2) is 9.38 Å². The lowest BCUT2D eigenvalue weighted by molar-refractivity contribution is 1.18. The lowest BCUT2D eigenvalue weighted by Gasteiger charge is -1.97. The zero-order valence-electron chi connectivity index (χ0n) is 8.22. The van der Waals surface area contributed by atoms with Crippen LogP contribution in [0.4, 0.5) is 5.82 Å². The van der Waals surface area contributed by atoms with Gasteiger partial charge in [-0.2, -0.15) is 0 Å². The van der Waals surface area contributed by atoms with Crippen molar-refractivity contribution in [3.05, 3.63) is 40.3 Å². The molecule has 3 aromatic rings. The highest BCUT2D eigenvalue weighted by Crippen LogP contribution is 2.30. The SMILES string of the molecule is Nc1c(-c2cccs2)nc2ccc(Br)cn12. The summed E-state index contributed by atoms with van der Waals surface area (Å²) in [4.78, 5) is 5.62. The van der Waals surface area contributed by atoms with Crippen molar-refractivity contribution in [3.63, 3.8) is 0 Å². The average Bonchev–Trinajstić information content (AvgIpc) is 2.87. The maximum absolute atomic E-state index is 6.09. The van der Waals surface area contributed by atoms with E-state index < -0.39 is 0 Å². The number of hydrogen-bond donors (Lipinski definition) is 1. The second kappa shape index (κ2) is 3.61. The number of rotatable bonds is 1. The minimum Gasteiger partial charge on any atom is -0.383 e. The third kappa shape index (κ3) is 1.44. The van der Waals surface area contributed by atoms with Gasteiger partial charge >= 0.3 is 0 Å². The van der Waals surface area contributed by atoms with Gasteiger partial charge in [-0.3, -0.25) is 4.40 Å². The maximum atomic E-state index is 6.09. The Balaban J connectivity index is 2.32. The topological polar surface area (TPSA) is 43.3 Å². The molecule has 0 radical (unpaired) electrons. The molecule has 0 amide bonds. The summed E-state index contributed by atoms with van der Waals surface area (Å²) in [6.07, 6.45) is 1.93. The van der Waals surface area contributed by atoms with E-state index in [0.29, 0.717) is 5.82 Å². The van der Waals surface area contributed by atoms with E-state index in [2.05, 4.69) is 20.9 Å². The van der Waals surface area contributed by atoms with Crippen LogP contribution < -0.4 is 5.73 Å². The summed E-state index contributed by atoms with van der Waals surface area (Å²) < 4.78 is 2.88. The number of halogens is 1. The lowest BCUT2D eigenvalue weighted by atomic mass is 10.3. The molecule has 0 aromatic carbocycles. The number of anilines is 1. The second-order valence-electron chi connectivity index (χ2n) is 3.40. The third-order valence-corrected chi connectivity index (χ3v) is 3.72. The molecule has 0 atom stereocenters. The first-order chi connectivity index (χ1) is 7.75. The van der Waals surface area contributed by atoms with Crippen LogP contribution in [0, 0.1) is 0 Å². The summed E-state index contributed by atoms with van der Waals surface area (Å²) in [6.45, 7) is 0. The molecule has 0 aliphatic heterocycles. The standard InChI is InChI=1S/C11H8BrN3S/c12-7-3-4-9-14-10(8-2-1-5-16-8)11(13)15(9)6-7/h1-6H,13H2. The summed E-state index contributed by atoms with van der Waals surface area (Å²) in [5.41, 5.74) is 7.81. The first kappa shape index (κ1) is 9.86. The number of pyridine rings is 1. The molecule has 2 N–H and O–H groups in total. The molecule has 0 saturated carbocycles. The summed E-state index contributed by atoms with van der Waals surface area (Å²) in [7, 11) is 0. The van der Waals surface area contributed by atoms with E-state index in [1.54, 1.807) is 11.3 Å². The van der Waals surface area contributed by atoms with E-state index in [1.807, 2.05) is 40.2 Å². The summed E-state index contributed by atoms with van der Waals surface area (Å²) in [6, 6.07) is 7.93. The number of imidazole rings is 1. The molecule has 3 heterocycles. The molecular formula is C11H8BrN3S. The van der Waals surface area contributed by atoms with Gasteiger partial charge in [-0.25, -0.2) is 4.98 Å². The molecule has 0 unspecified atom stereocenters. The summed E-state index contributed by atoms with van der Waals surface area (Å²) in [5.74, 6) is 0.679. The van der Waals surface area contributed by atoms with Gasteiger partial charge in [0.2, 0.25) is 0 Å². The summed E-state index contributed by atoms with van der Waals surface area (Å²) in [5, 5.41) is 2.02. The number of thiophene rings is 1. The van der Waals surface area contributed by atoms with Gasteiger partial charge in [0.25, 0.3) is 0 Å². The zero-order chi connectivity index (χ0) is 11.1. The summed E-state index contributed by atoms with van der Waals surface area (Å²) >= 11 is 5.07. The van der Waals surface area contributed by atoms with Gasteiger partial charge in [-0.1, -0.05) is 6.07 Å².